The number of nitrogens with zero attached hydrogens (tertiary/aromatic N) is 1. The van der Waals surface area contributed by atoms with Crippen LogP contribution in [-0.2, 0) is 17.8 Å². The molecule has 1 atom stereocenters. The van der Waals surface area contributed by atoms with Gasteiger partial charge in [-0.3, -0.25) is 4.79 Å². The first-order valence-electron chi connectivity index (χ1n) is 7.70. The van der Waals surface area contributed by atoms with Crippen LogP contribution in [0.15, 0.2) is 24.3 Å². The summed E-state index contributed by atoms with van der Waals surface area (Å²) in [6.45, 7) is 7.81. The van der Waals surface area contributed by atoms with Crippen LogP contribution in [0.5, 0.6) is 0 Å². The van der Waals surface area contributed by atoms with E-state index in [4.69, 9.17) is 0 Å². The Hall–Kier alpha value is -1.35. The third-order valence-corrected chi connectivity index (χ3v) is 5.14. The molecule has 3 nitrogen and oxygen atoms in total. The predicted molar refractivity (Wildman–Crippen MR) is 80.3 cm³/mol. The molecule has 0 saturated carbocycles. The summed E-state index contributed by atoms with van der Waals surface area (Å²) < 4.78 is 0. The maximum atomic E-state index is 13.1. The molecule has 1 aromatic rings. The van der Waals surface area contributed by atoms with Gasteiger partial charge >= 0.3 is 0 Å². The second kappa shape index (κ2) is 5.21. The van der Waals surface area contributed by atoms with Crippen molar-refractivity contribution in [3.8, 4) is 0 Å². The van der Waals surface area contributed by atoms with Crippen molar-refractivity contribution >= 4 is 5.91 Å². The number of hydrogen-bond donors (Lipinski definition) is 1. The van der Waals surface area contributed by atoms with Crippen molar-refractivity contribution in [3.05, 3.63) is 35.4 Å². The first-order valence-corrected chi connectivity index (χ1v) is 7.70. The fourth-order valence-corrected chi connectivity index (χ4v) is 3.62. The molecule has 2 aliphatic rings. The van der Waals surface area contributed by atoms with Gasteiger partial charge in [-0.2, -0.15) is 0 Å². The van der Waals surface area contributed by atoms with E-state index in [1.165, 1.54) is 11.1 Å². The third-order valence-electron chi connectivity index (χ3n) is 5.14. The van der Waals surface area contributed by atoms with Crippen LogP contribution in [0.25, 0.3) is 0 Å². The molecule has 0 bridgehead atoms. The largest absolute Gasteiger partial charge is 0.337 e. The van der Waals surface area contributed by atoms with Crippen LogP contribution in [-0.4, -0.2) is 30.4 Å². The molecule has 108 valence electrons. The molecule has 1 aromatic carbocycles. The van der Waals surface area contributed by atoms with E-state index in [0.717, 1.165) is 39.0 Å². The van der Waals surface area contributed by atoms with Gasteiger partial charge in [0.2, 0.25) is 5.91 Å². The summed E-state index contributed by atoms with van der Waals surface area (Å²) in [5, 5.41) is 3.39. The van der Waals surface area contributed by atoms with E-state index in [-0.39, 0.29) is 5.41 Å². The monoisotopic (exact) mass is 272 g/mol. The van der Waals surface area contributed by atoms with Crippen LogP contribution in [0.4, 0.5) is 0 Å². The summed E-state index contributed by atoms with van der Waals surface area (Å²) in [7, 11) is 0. The molecule has 1 fully saturated rings. The maximum absolute atomic E-state index is 13.1. The Labute approximate surface area is 121 Å². The van der Waals surface area contributed by atoms with Crippen molar-refractivity contribution in [2.75, 3.05) is 19.6 Å². The van der Waals surface area contributed by atoms with Crippen LogP contribution in [0.3, 0.4) is 0 Å². The van der Waals surface area contributed by atoms with Gasteiger partial charge in [-0.05, 0) is 36.4 Å². The number of hydrogen-bond acceptors (Lipinski definition) is 2. The average Bonchev–Trinajstić information content (AvgIpc) is 2.97. The lowest BCUT2D eigenvalue weighted by atomic mass is 9.75. The molecule has 1 saturated heterocycles. The van der Waals surface area contributed by atoms with Crippen LogP contribution in [0, 0.1) is 11.3 Å². The molecule has 0 spiro atoms. The molecule has 3 heteroatoms. The molecule has 3 rings (SSSR count). The van der Waals surface area contributed by atoms with Gasteiger partial charge in [-0.1, -0.05) is 38.1 Å². The topological polar surface area (TPSA) is 32.3 Å². The SMILES string of the molecule is CC(C)C1(C(=O)N2CCc3ccccc3C2)CCNC1. The number of amides is 1. The fraction of sp³-hybridized carbons (Fsp3) is 0.588. The molecule has 0 aliphatic carbocycles. The van der Waals surface area contributed by atoms with Crippen molar-refractivity contribution in [1.82, 2.24) is 10.2 Å². The lowest BCUT2D eigenvalue weighted by Gasteiger charge is -2.39. The van der Waals surface area contributed by atoms with Gasteiger partial charge in [-0.15, -0.1) is 0 Å². The molecular weight excluding hydrogens is 248 g/mol. The molecule has 2 heterocycles. The van der Waals surface area contributed by atoms with Crippen molar-refractivity contribution in [3.63, 3.8) is 0 Å². The minimum Gasteiger partial charge on any atom is -0.337 e. The van der Waals surface area contributed by atoms with E-state index in [0.29, 0.717) is 11.8 Å². The molecule has 0 aromatic heterocycles. The highest BCUT2D eigenvalue weighted by Crippen LogP contribution is 2.37. The zero-order valence-electron chi connectivity index (χ0n) is 12.5. The summed E-state index contributed by atoms with van der Waals surface area (Å²) in [4.78, 5) is 15.1. The molecular formula is C17H24N2O. The Bertz CT molecular complexity index is 503. The third kappa shape index (κ3) is 2.14. The summed E-state index contributed by atoms with van der Waals surface area (Å²) in [5.74, 6) is 0.745. The van der Waals surface area contributed by atoms with Crippen molar-refractivity contribution in [1.29, 1.82) is 0 Å². The lowest BCUT2D eigenvalue weighted by Crippen LogP contribution is -2.49. The summed E-state index contributed by atoms with van der Waals surface area (Å²) in [6, 6.07) is 8.51. The second-order valence-electron chi connectivity index (χ2n) is 6.48. The summed E-state index contributed by atoms with van der Waals surface area (Å²) >= 11 is 0. The smallest absolute Gasteiger partial charge is 0.230 e. The van der Waals surface area contributed by atoms with Crippen molar-refractivity contribution in [2.45, 2.75) is 33.2 Å². The van der Waals surface area contributed by atoms with Crippen molar-refractivity contribution < 1.29 is 4.79 Å². The average molecular weight is 272 g/mol. The minimum atomic E-state index is -0.188. The zero-order chi connectivity index (χ0) is 14.2. The Morgan fingerprint density at radius 1 is 1.30 bits per heavy atom. The highest BCUT2D eigenvalue weighted by atomic mass is 16.2. The van der Waals surface area contributed by atoms with E-state index in [2.05, 4.69) is 48.3 Å². The van der Waals surface area contributed by atoms with Gasteiger partial charge in [0.1, 0.15) is 0 Å². The number of nitrogens with one attached hydrogen (secondary N) is 1. The summed E-state index contributed by atoms with van der Waals surface area (Å²) in [5.41, 5.74) is 2.53. The first kappa shape index (κ1) is 13.6. The fourth-order valence-electron chi connectivity index (χ4n) is 3.62. The number of benzene rings is 1. The summed E-state index contributed by atoms with van der Waals surface area (Å²) in [6.07, 6.45) is 1.96. The Balaban J connectivity index is 1.82. The Morgan fingerprint density at radius 3 is 2.70 bits per heavy atom. The normalized spacial score (nSPS) is 25.9. The van der Waals surface area contributed by atoms with E-state index >= 15 is 0 Å². The molecule has 1 N–H and O–H groups in total. The molecule has 20 heavy (non-hydrogen) atoms. The molecule has 0 radical (unpaired) electrons. The minimum absolute atomic E-state index is 0.188. The van der Waals surface area contributed by atoms with Gasteiger partial charge < -0.3 is 10.2 Å². The maximum Gasteiger partial charge on any atom is 0.230 e. The number of fused-ring (bicyclic) bond motifs is 1. The van der Waals surface area contributed by atoms with E-state index in [9.17, 15) is 4.79 Å². The Morgan fingerprint density at radius 2 is 2.05 bits per heavy atom. The van der Waals surface area contributed by atoms with Gasteiger partial charge in [0.25, 0.3) is 0 Å². The van der Waals surface area contributed by atoms with Gasteiger partial charge in [0.15, 0.2) is 0 Å². The van der Waals surface area contributed by atoms with Crippen molar-refractivity contribution in [2.24, 2.45) is 11.3 Å². The van der Waals surface area contributed by atoms with E-state index < -0.39 is 0 Å². The van der Waals surface area contributed by atoms with Crippen LogP contribution >= 0.6 is 0 Å². The van der Waals surface area contributed by atoms with Crippen LogP contribution < -0.4 is 5.32 Å². The highest BCUT2D eigenvalue weighted by Gasteiger charge is 2.46. The van der Waals surface area contributed by atoms with Crippen LogP contribution in [0.2, 0.25) is 0 Å². The Kier molecular flexibility index (Phi) is 3.55. The van der Waals surface area contributed by atoms with Gasteiger partial charge in [0.05, 0.1) is 5.41 Å². The molecule has 1 unspecified atom stereocenters. The number of carbonyl (C=O) groups excluding carboxylic acids is 1. The first-order chi connectivity index (χ1) is 9.63. The van der Waals surface area contributed by atoms with Crippen LogP contribution in [0.1, 0.15) is 31.4 Å². The lowest BCUT2D eigenvalue weighted by molar-refractivity contribution is -0.144. The number of carbonyl (C=O) groups is 1. The van der Waals surface area contributed by atoms with Gasteiger partial charge in [-0.25, -0.2) is 0 Å². The molecule has 1 amide bonds. The number of rotatable bonds is 2. The quantitative estimate of drug-likeness (QED) is 0.895. The second-order valence-corrected chi connectivity index (χ2v) is 6.48. The zero-order valence-corrected chi connectivity index (χ0v) is 12.5. The van der Waals surface area contributed by atoms with E-state index in [1.54, 1.807) is 0 Å². The van der Waals surface area contributed by atoms with E-state index in [1.807, 2.05) is 0 Å². The predicted octanol–water partition coefficient (Wildman–Crippen LogP) is 2.21. The molecule has 2 aliphatic heterocycles. The standard InChI is InChI=1S/C17H24N2O/c1-13(2)17(8-9-18-12-17)16(20)19-10-7-14-5-3-4-6-15(14)11-19/h3-6,13,18H,7-12H2,1-2H3. The highest BCUT2D eigenvalue weighted by molar-refractivity contribution is 5.84. The van der Waals surface area contributed by atoms with Gasteiger partial charge in [0, 0.05) is 19.6 Å².